The summed E-state index contributed by atoms with van der Waals surface area (Å²) in [6, 6.07) is -0.785. The second kappa shape index (κ2) is 3.01. The van der Waals surface area contributed by atoms with E-state index >= 15 is 0 Å². The lowest BCUT2D eigenvalue weighted by Crippen LogP contribution is -2.32. The summed E-state index contributed by atoms with van der Waals surface area (Å²) in [6.45, 7) is 1.39. The van der Waals surface area contributed by atoms with Crippen LogP contribution in [0, 0.1) is 0 Å². The van der Waals surface area contributed by atoms with E-state index in [0.29, 0.717) is 6.41 Å². The average molecular weight is 117 g/mol. The van der Waals surface area contributed by atoms with Crippen LogP contribution in [0.25, 0.3) is 0 Å². The molecule has 0 fully saturated rings. The zero-order chi connectivity index (χ0) is 6.57. The molecule has 0 aromatic heterocycles. The summed E-state index contributed by atoms with van der Waals surface area (Å²) in [5.74, 6) is -1.03. The second-order valence-electron chi connectivity index (χ2n) is 1.34. The van der Waals surface area contributed by atoms with E-state index in [-0.39, 0.29) is 0 Å². The Hall–Kier alpha value is -1.06. The highest BCUT2D eigenvalue weighted by atomic mass is 16.4. The fourth-order valence-electron chi connectivity index (χ4n) is 0.173. The number of carboxylic acids is 1. The molecule has 0 bridgehead atoms. The minimum atomic E-state index is -1.03. The summed E-state index contributed by atoms with van der Waals surface area (Å²) >= 11 is 0. The van der Waals surface area contributed by atoms with Crippen molar-refractivity contribution in [3.05, 3.63) is 0 Å². The molecule has 8 heavy (non-hydrogen) atoms. The highest BCUT2D eigenvalue weighted by molar-refractivity contribution is 5.75. The average Bonchev–Trinajstić information content (AvgIpc) is 1.67. The van der Waals surface area contributed by atoms with Gasteiger partial charge in [-0.15, -0.1) is 0 Å². The summed E-state index contributed by atoms with van der Waals surface area (Å²) in [4.78, 5) is 19.4. The number of carboxylic acid groups (broad SMARTS) is 1. The molecular weight excluding hydrogens is 110 g/mol. The summed E-state index contributed by atoms with van der Waals surface area (Å²) in [5.41, 5.74) is 0. The summed E-state index contributed by atoms with van der Waals surface area (Å²) in [6.07, 6.45) is 0.360. The van der Waals surface area contributed by atoms with E-state index in [1.807, 2.05) is 0 Å². The molecule has 1 atom stereocenters. The third kappa shape index (κ3) is 2.17. The maximum Gasteiger partial charge on any atom is 0.325 e. The number of aliphatic carboxylic acids is 1. The molecule has 0 aromatic carbocycles. The Balaban J connectivity index is 3.46. The number of hydrogen-bond donors (Lipinski definition) is 2. The maximum absolute atomic E-state index is 9.87. The molecule has 0 aliphatic carbocycles. The van der Waals surface area contributed by atoms with Gasteiger partial charge in [-0.25, -0.2) is 0 Å². The molecule has 0 heterocycles. The van der Waals surface area contributed by atoms with Crippen molar-refractivity contribution in [3.63, 3.8) is 0 Å². The van der Waals surface area contributed by atoms with E-state index < -0.39 is 12.0 Å². The van der Waals surface area contributed by atoms with Crippen LogP contribution in [0.15, 0.2) is 0 Å². The largest absolute Gasteiger partial charge is 0.480 e. The van der Waals surface area contributed by atoms with Gasteiger partial charge >= 0.3 is 5.97 Å². The standard InChI is InChI=1S/C4H7NO3/c1-3(4(7)8)5-2-6/h2-3H,1H3,(H,5,6)(H,7,8)/t3-/m0/s1. The Morgan fingerprint density at radius 3 is 2.50 bits per heavy atom. The fraction of sp³-hybridized carbons (Fsp3) is 0.500. The molecule has 0 spiro atoms. The van der Waals surface area contributed by atoms with Crippen LogP contribution < -0.4 is 5.32 Å². The van der Waals surface area contributed by atoms with Gasteiger partial charge in [0.15, 0.2) is 0 Å². The molecule has 0 aliphatic heterocycles. The Bertz CT molecular complexity index is 101. The van der Waals surface area contributed by atoms with Crippen LogP contribution in [0.5, 0.6) is 0 Å². The first-order valence-corrected chi connectivity index (χ1v) is 2.11. The van der Waals surface area contributed by atoms with E-state index in [4.69, 9.17) is 5.11 Å². The molecule has 0 saturated heterocycles. The first-order valence-electron chi connectivity index (χ1n) is 2.11. The van der Waals surface area contributed by atoms with E-state index in [1.54, 1.807) is 0 Å². The van der Waals surface area contributed by atoms with Gasteiger partial charge in [-0.1, -0.05) is 0 Å². The molecule has 0 aromatic rings. The molecule has 4 heteroatoms. The molecule has 1 amide bonds. The first-order chi connectivity index (χ1) is 3.68. The Labute approximate surface area is 46.5 Å². The van der Waals surface area contributed by atoms with Crippen molar-refractivity contribution in [3.8, 4) is 0 Å². The van der Waals surface area contributed by atoms with Crippen LogP contribution in [-0.2, 0) is 9.59 Å². The minimum absolute atomic E-state index is 0.360. The van der Waals surface area contributed by atoms with Gasteiger partial charge in [-0.05, 0) is 6.92 Å². The van der Waals surface area contributed by atoms with Crippen molar-refractivity contribution in [2.75, 3.05) is 0 Å². The topological polar surface area (TPSA) is 66.4 Å². The molecule has 46 valence electrons. The van der Waals surface area contributed by atoms with Crippen molar-refractivity contribution >= 4 is 12.4 Å². The molecular formula is C4H7NO3. The van der Waals surface area contributed by atoms with Crippen LogP contribution >= 0.6 is 0 Å². The van der Waals surface area contributed by atoms with Gasteiger partial charge in [0.1, 0.15) is 6.04 Å². The van der Waals surface area contributed by atoms with Crippen molar-refractivity contribution in [1.82, 2.24) is 5.32 Å². The molecule has 0 saturated carbocycles. The molecule has 0 rings (SSSR count). The number of carbonyl (C=O) groups is 2. The molecule has 0 radical (unpaired) electrons. The first kappa shape index (κ1) is 6.94. The van der Waals surface area contributed by atoms with Crippen molar-refractivity contribution in [1.29, 1.82) is 0 Å². The van der Waals surface area contributed by atoms with Crippen LogP contribution in [-0.4, -0.2) is 23.5 Å². The monoisotopic (exact) mass is 117 g/mol. The fourth-order valence-corrected chi connectivity index (χ4v) is 0.173. The van der Waals surface area contributed by atoms with Crippen LogP contribution in [0.1, 0.15) is 6.92 Å². The van der Waals surface area contributed by atoms with Gasteiger partial charge in [0.2, 0.25) is 6.41 Å². The predicted molar refractivity (Wildman–Crippen MR) is 26.3 cm³/mol. The lowest BCUT2D eigenvalue weighted by Gasteiger charge is -2.00. The minimum Gasteiger partial charge on any atom is -0.480 e. The van der Waals surface area contributed by atoms with E-state index in [0.717, 1.165) is 0 Å². The number of amides is 1. The van der Waals surface area contributed by atoms with Gasteiger partial charge in [0, 0.05) is 0 Å². The predicted octanol–water partition coefficient (Wildman–Crippen LogP) is -0.794. The van der Waals surface area contributed by atoms with Crippen molar-refractivity contribution < 1.29 is 14.7 Å². The van der Waals surface area contributed by atoms with Crippen LogP contribution in [0.4, 0.5) is 0 Å². The van der Waals surface area contributed by atoms with Crippen LogP contribution in [0.3, 0.4) is 0 Å². The highest BCUT2D eigenvalue weighted by Crippen LogP contribution is 1.75. The van der Waals surface area contributed by atoms with Gasteiger partial charge in [0.25, 0.3) is 0 Å². The zero-order valence-electron chi connectivity index (χ0n) is 4.42. The molecule has 0 unspecified atom stereocenters. The molecule has 2 N–H and O–H groups in total. The summed E-state index contributed by atoms with van der Waals surface area (Å²) in [7, 11) is 0. The van der Waals surface area contributed by atoms with E-state index in [1.165, 1.54) is 6.92 Å². The molecule has 4 nitrogen and oxygen atoms in total. The SMILES string of the molecule is C[C@H](NC=O)C(=O)O. The third-order valence-electron chi connectivity index (χ3n) is 0.688. The van der Waals surface area contributed by atoms with E-state index in [9.17, 15) is 9.59 Å². The summed E-state index contributed by atoms with van der Waals surface area (Å²) in [5, 5.41) is 10.2. The van der Waals surface area contributed by atoms with Gasteiger partial charge in [-0.2, -0.15) is 0 Å². The lowest BCUT2D eigenvalue weighted by atomic mass is 10.4. The zero-order valence-corrected chi connectivity index (χ0v) is 4.42. The highest BCUT2D eigenvalue weighted by Gasteiger charge is 2.06. The van der Waals surface area contributed by atoms with Gasteiger partial charge in [-0.3, -0.25) is 9.59 Å². The lowest BCUT2D eigenvalue weighted by molar-refractivity contribution is -0.140. The smallest absolute Gasteiger partial charge is 0.325 e. The number of carbonyl (C=O) groups excluding carboxylic acids is 1. The van der Waals surface area contributed by atoms with Crippen molar-refractivity contribution in [2.24, 2.45) is 0 Å². The summed E-state index contributed by atoms with van der Waals surface area (Å²) < 4.78 is 0. The Kier molecular flexibility index (Phi) is 2.61. The normalized spacial score (nSPS) is 12.1. The quantitative estimate of drug-likeness (QED) is 0.476. The maximum atomic E-state index is 9.87. The Morgan fingerprint density at radius 2 is 2.38 bits per heavy atom. The van der Waals surface area contributed by atoms with Crippen molar-refractivity contribution in [2.45, 2.75) is 13.0 Å². The number of hydrogen-bond acceptors (Lipinski definition) is 2. The van der Waals surface area contributed by atoms with Gasteiger partial charge in [0.05, 0.1) is 0 Å². The van der Waals surface area contributed by atoms with Crippen LogP contribution in [0.2, 0.25) is 0 Å². The number of nitrogens with one attached hydrogen (secondary N) is 1. The Morgan fingerprint density at radius 1 is 1.88 bits per heavy atom. The van der Waals surface area contributed by atoms with Gasteiger partial charge < -0.3 is 10.4 Å². The molecule has 0 aliphatic rings. The van der Waals surface area contributed by atoms with E-state index in [2.05, 4.69) is 5.32 Å². The number of rotatable bonds is 3. The second-order valence-corrected chi connectivity index (χ2v) is 1.34. The third-order valence-corrected chi connectivity index (χ3v) is 0.688.